The minimum absolute atomic E-state index is 0.0531. The standard InChI is InChI=1S/C18H22ClN5O/c1-12-16-8-13(19)2-3-17(16)20-18(12)10-23-6-4-15(5-7-23)24-9-14(11-25)21-22-24/h2-3,8-9,15,20,25H,4-7,10-11H2,1H3. The lowest BCUT2D eigenvalue weighted by atomic mass is 10.0. The first-order valence-electron chi connectivity index (χ1n) is 8.64. The lowest BCUT2D eigenvalue weighted by Gasteiger charge is -2.31. The van der Waals surface area contributed by atoms with E-state index in [4.69, 9.17) is 16.7 Å². The molecular formula is C18H22ClN5O. The summed E-state index contributed by atoms with van der Waals surface area (Å²) in [7, 11) is 0. The van der Waals surface area contributed by atoms with E-state index in [2.05, 4.69) is 27.1 Å². The van der Waals surface area contributed by atoms with Crippen molar-refractivity contribution in [1.82, 2.24) is 24.9 Å². The molecule has 0 radical (unpaired) electrons. The molecule has 1 aliphatic heterocycles. The molecule has 3 heterocycles. The number of aliphatic hydroxyl groups is 1. The van der Waals surface area contributed by atoms with E-state index in [9.17, 15) is 0 Å². The van der Waals surface area contributed by atoms with Gasteiger partial charge >= 0.3 is 0 Å². The molecule has 132 valence electrons. The smallest absolute Gasteiger partial charge is 0.108 e. The molecule has 0 spiro atoms. The molecule has 7 heteroatoms. The average molecular weight is 360 g/mol. The van der Waals surface area contributed by atoms with Crippen LogP contribution < -0.4 is 0 Å². The predicted molar refractivity (Wildman–Crippen MR) is 97.5 cm³/mol. The van der Waals surface area contributed by atoms with Crippen LogP contribution in [0.4, 0.5) is 0 Å². The average Bonchev–Trinajstić information content (AvgIpc) is 3.22. The predicted octanol–water partition coefficient (Wildman–Crippen LogP) is 3.05. The van der Waals surface area contributed by atoms with Gasteiger partial charge in [-0.25, -0.2) is 4.68 Å². The maximum atomic E-state index is 9.12. The van der Waals surface area contributed by atoms with Crippen LogP contribution in [0.15, 0.2) is 24.4 Å². The quantitative estimate of drug-likeness (QED) is 0.751. The summed E-state index contributed by atoms with van der Waals surface area (Å²) in [6, 6.07) is 6.37. The van der Waals surface area contributed by atoms with E-state index in [1.165, 1.54) is 16.6 Å². The highest BCUT2D eigenvalue weighted by atomic mass is 35.5. The summed E-state index contributed by atoms with van der Waals surface area (Å²) < 4.78 is 1.90. The zero-order chi connectivity index (χ0) is 17.4. The van der Waals surface area contributed by atoms with Gasteiger partial charge in [-0.2, -0.15) is 0 Å². The van der Waals surface area contributed by atoms with Gasteiger partial charge < -0.3 is 10.1 Å². The molecule has 0 amide bonds. The van der Waals surface area contributed by atoms with Crippen molar-refractivity contribution in [3.8, 4) is 0 Å². The molecule has 2 N–H and O–H groups in total. The number of aromatic amines is 1. The Hall–Kier alpha value is -1.89. The monoisotopic (exact) mass is 359 g/mol. The minimum atomic E-state index is -0.0531. The Labute approximate surface area is 151 Å². The van der Waals surface area contributed by atoms with Crippen LogP contribution in [0.3, 0.4) is 0 Å². The number of hydrogen-bond acceptors (Lipinski definition) is 4. The van der Waals surface area contributed by atoms with E-state index < -0.39 is 0 Å². The molecule has 1 fully saturated rings. The Kier molecular flexibility index (Phi) is 4.50. The highest BCUT2D eigenvalue weighted by Gasteiger charge is 2.22. The largest absolute Gasteiger partial charge is 0.390 e. The minimum Gasteiger partial charge on any atom is -0.390 e. The lowest BCUT2D eigenvalue weighted by molar-refractivity contribution is 0.170. The number of fused-ring (bicyclic) bond motifs is 1. The fraction of sp³-hybridized carbons (Fsp3) is 0.444. The number of halogens is 1. The van der Waals surface area contributed by atoms with Gasteiger partial charge in [-0.1, -0.05) is 16.8 Å². The maximum Gasteiger partial charge on any atom is 0.108 e. The molecule has 25 heavy (non-hydrogen) atoms. The van der Waals surface area contributed by atoms with Crippen molar-refractivity contribution in [1.29, 1.82) is 0 Å². The SMILES string of the molecule is Cc1c(CN2CCC(n3cc(CO)nn3)CC2)[nH]c2ccc(Cl)cc12. The molecule has 0 saturated carbocycles. The van der Waals surface area contributed by atoms with E-state index in [1.54, 1.807) is 0 Å². The van der Waals surface area contributed by atoms with E-state index in [0.717, 1.165) is 43.0 Å². The number of nitrogens with zero attached hydrogens (tertiary/aromatic N) is 4. The van der Waals surface area contributed by atoms with Gasteiger partial charge in [0.05, 0.1) is 18.8 Å². The van der Waals surface area contributed by atoms with Gasteiger partial charge in [-0.05, 0) is 43.5 Å². The second-order valence-electron chi connectivity index (χ2n) is 6.77. The number of piperidine rings is 1. The van der Waals surface area contributed by atoms with Crippen LogP contribution in [-0.2, 0) is 13.2 Å². The van der Waals surface area contributed by atoms with Crippen molar-refractivity contribution < 1.29 is 5.11 Å². The molecule has 1 saturated heterocycles. The number of likely N-dealkylation sites (tertiary alicyclic amines) is 1. The second-order valence-corrected chi connectivity index (χ2v) is 7.21. The van der Waals surface area contributed by atoms with Crippen LogP contribution in [0.1, 0.15) is 35.8 Å². The first-order chi connectivity index (χ1) is 12.1. The van der Waals surface area contributed by atoms with Crippen LogP contribution in [0.2, 0.25) is 5.02 Å². The molecule has 0 aliphatic carbocycles. The summed E-state index contributed by atoms with van der Waals surface area (Å²) in [5.41, 5.74) is 4.32. The van der Waals surface area contributed by atoms with E-state index in [1.807, 2.05) is 29.1 Å². The zero-order valence-electron chi connectivity index (χ0n) is 14.2. The molecule has 0 bridgehead atoms. The van der Waals surface area contributed by atoms with Gasteiger partial charge in [0.1, 0.15) is 5.69 Å². The van der Waals surface area contributed by atoms with E-state index in [-0.39, 0.29) is 6.61 Å². The van der Waals surface area contributed by atoms with Gasteiger partial charge in [-0.3, -0.25) is 4.90 Å². The van der Waals surface area contributed by atoms with Gasteiger partial charge in [0.25, 0.3) is 0 Å². The Morgan fingerprint density at radius 3 is 2.84 bits per heavy atom. The van der Waals surface area contributed by atoms with Crippen molar-refractivity contribution in [2.75, 3.05) is 13.1 Å². The number of rotatable bonds is 4. The second kappa shape index (κ2) is 6.78. The fourth-order valence-corrected chi connectivity index (χ4v) is 3.81. The third-order valence-electron chi connectivity index (χ3n) is 5.16. The zero-order valence-corrected chi connectivity index (χ0v) is 15.0. The first kappa shape index (κ1) is 16.6. The van der Waals surface area contributed by atoms with Crippen LogP contribution in [0.25, 0.3) is 10.9 Å². The molecular weight excluding hydrogens is 338 g/mol. The summed E-state index contributed by atoms with van der Waals surface area (Å²) in [6.07, 6.45) is 3.94. The number of H-pyrrole nitrogens is 1. The molecule has 2 aromatic heterocycles. The van der Waals surface area contributed by atoms with Crippen LogP contribution in [-0.4, -0.2) is 43.1 Å². The van der Waals surface area contributed by atoms with E-state index >= 15 is 0 Å². The summed E-state index contributed by atoms with van der Waals surface area (Å²) in [5.74, 6) is 0. The third kappa shape index (κ3) is 3.29. The number of hydrogen-bond donors (Lipinski definition) is 2. The summed E-state index contributed by atoms with van der Waals surface area (Å²) >= 11 is 6.12. The van der Waals surface area contributed by atoms with Crippen molar-refractivity contribution in [2.45, 2.75) is 39.0 Å². The van der Waals surface area contributed by atoms with Gasteiger partial charge in [-0.15, -0.1) is 5.10 Å². The third-order valence-corrected chi connectivity index (χ3v) is 5.39. The van der Waals surface area contributed by atoms with E-state index in [0.29, 0.717) is 11.7 Å². The Morgan fingerprint density at radius 2 is 2.12 bits per heavy atom. The maximum absolute atomic E-state index is 9.12. The molecule has 0 atom stereocenters. The van der Waals surface area contributed by atoms with Crippen LogP contribution in [0, 0.1) is 6.92 Å². The molecule has 0 unspecified atom stereocenters. The topological polar surface area (TPSA) is 70.0 Å². The van der Waals surface area contributed by atoms with Gasteiger partial charge in [0, 0.05) is 41.3 Å². The summed E-state index contributed by atoms with van der Waals surface area (Å²) in [4.78, 5) is 6.01. The van der Waals surface area contributed by atoms with Crippen molar-refractivity contribution in [2.24, 2.45) is 0 Å². The number of benzene rings is 1. The van der Waals surface area contributed by atoms with Crippen LogP contribution >= 0.6 is 11.6 Å². The highest BCUT2D eigenvalue weighted by Crippen LogP contribution is 2.28. The Bertz CT molecular complexity index is 879. The molecule has 1 aromatic carbocycles. The summed E-state index contributed by atoms with van der Waals surface area (Å²) in [6.45, 7) is 5.07. The normalized spacial score (nSPS) is 16.8. The van der Waals surface area contributed by atoms with Crippen molar-refractivity contribution in [3.63, 3.8) is 0 Å². The number of aryl methyl sites for hydroxylation is 1. The molecule has 6 nitrogen and oxygen atoms in total. The number of aliphatic hydroxyl groups excluding tert-OH is 1. The number of aromatic nitrogens is 4. The fourth-order valence-electron chi connectivity index (χ4n) is 3.64. The van der Waals surface area contributed by atoms with Crippen molar-refractivity contribution in [3.05, 3.63) is 46.4 Å². The molecule has 4 rings (SSSR count). The lowest BCUT2D eigenvalue weighted by Crippen LogP contribution is -2.34. The number of nitrogens with one attached hydrogen (secondary N) is 1. The first-order valence-corrected chi connectivity index (χ1v) is 9.02. The van der Waals surface area contributed by atoms with Crippen LogP contribution in [0.5, 0.6) is 0 Å². The van der Waals surface area contributed by atoms with Crippen molar-refractivity contribution >= 4 is 22.5 Å². The highest BCUT2D eigenvalue weighted by molar-refractivity contribution is 6.31. The summed E-state index contributed by atoms with van der Waals surface area (Å²) in [5, 5.41) is 19.2. The Morgan fingerprint density at radius 1 is 1.32 bits per heavy atom. The molecule has 1 aliphatic rings. The van der Waals surface area contributed by atoms with Gasteiger partial charge in [0.15, 0.2) is 0 Å². The molecule has 3 aromatic rings. The van der Waals surface area contributed by atoms with Gasteiger partial charge in [0.2, 0.25) is 0 Å². The Balaban J connectivity index is 1.42.